The molecule has 0 amide bonds. The number of hydrogen-bond acceptors (Lipinski definition) is 4. The molecule has 0 unspecified atom stereocenters. The fourth-order valence-corrected chi connectivity index (χ4v) is 2.71. The number of unbranched alkanes of at least 4 members (excludes halogenated alkanes) is 8. The minimum atomic E-state index is -0.466. The Balaban J connectivity index is 2.24. The molecule has 0 N–H and O–H groups in total. The summed E-state index contributed by atoms with van der Waals surface area (Å²) >= 11 is 0. The van der Waals surface area contributed by atoms with Crippen LogP contribution in [0.2, 0.25) is 0 Å². The highest BCUT2D eigenvalue weighted by molar-refractivity contribution is 5.95. The number of rotatable bonds is 14. The lowest BCUT2D eigenvalue weighted by Gasteiger charge is -2.07. The Kier molecular flexibility index (Phi) is 11.9. The summed E-state index contributed by atoms with van der Waals surface area (Å²) in [5.41, 5.74) is 1.48. The quantitative estimate of drug-likeness (QED) is 0.224. The summed E-state index contributed by atoms with van der Waals surface area (Å²) in [6.07, 6.45) is 11.0. The number of ether oxygens (including phenoxy) is 2. The summed E-state index contributed by atoms with van der Waals surface area (Å²) in [7, 11) is 0. The van der Waals surface area contributed by atoms with E-state index in [0.29, 0.717) is 17.7 Å². The van der Waals surface area contributed by atoms with Gasteiger partial charge in [-0.1, -0.05) is 70.9 Å². The SMILES string of the molecule is C=C(C)COC(=O)c1cccc(C(=O)OCCCCCCCCCCC)c1. The number of benzene rings is 1. The summed E-state index contributed by atoms with van der Waals surface area (Å²) < 4.78 is 10.4. The normalized spacial score (nSPS) is 10.4. The van der Waals surface area contributed by atoms with Crippen molar-refractivity contribution in [1.82, 2.24) is 0 Å². The summed E-state index contributed by atoms with van der Waals surface area (Å²) in [5.74, 6) is -0.865. The standard InChI is InChI=1S/C23H34O4/c1-4-5-6-7-8-9-10-11-12-16-26-22(24)20-14-13-15-21(17-20)23(25)27-18-19(2)3/h13-15,17H,2,4-12,16,18H2,1,3H3. The van der Waals surface area contributed by atoms with Gasteiger partial charge in [0.15, 0.2) is 0 Å². The highest BCUT2D eigenvalue weighted by atomic mass is 16.5. The van der Waals surface area contributed by atoms with E-state index in [4.69, 9.17) is 9.47 Å². The first kappa shape index (κ1) is 22.9. The van der Waals surface area contributed by atoms with Gasteiger partial charge in [0.1, 0.15) is 6.61 Å². The van der Waals surface area contributed by atoms with Crippen LogP contribution in [0.4, 0.5) is 0 Å². The summed E-state index contributed by atoms with van der Waals surface area (Å²) in [5, 5.41) is 0. The Hall–Kier alpha value is -2.10. The molecule has 0 radical (unpaired) electrons. The van der Waals surface area contributed by atoms with Crippen molar-refractivity contribution in [3.63, 3.8) is 0 Å². The number of carbonyl (C=O) groups is 2. The van der Waals surface area contributed by atoms with Crippen molar-refractivity contribution >= 4 is 11.9 Å². The molecule has 0 saturated heterocycles. The van der Waals surface area contributed by atoms with Gasteiger partial charge in [-0.05, 0) is 37.1 Å². The van der Waals surface area contributed by atoms with Gasteiger partial charge >= 0.3 is 11.9 Å². The van der Waals surface area contributed by atoms with E-state index in [-0.39, 0.29) is 6.61 Å². The second-order valence-corrected chi connectivity index (χ2v) is 7.08. The third-order valence-electron chi connectivity index (χ3n) is 4.26. The van der Waals surface area contributed by atoms with Crippen molar-refractivity contribution in [1.29, 1.82) is 0 Å². The van der Waals surface area contributed by atoms with Crippen LogP contribution in [-0.4, -0.2) is 25.2 Å². The third kappa shape index (κ3) is 10.6. The minimum absolute atomic E-state index is 0.173. The number of esters is 2. The first-order valence-electron chi connectivity index (χ1n) is 10.1. The Labute approximate surface area is 163 Å². The van der Waals surface area contributed by atoms with Gasteiger partial charge in [-0.2, -0.15) is 0 Å². The molecule has 0 heterocycles. The second-order valence-electron chi connectivity index (χ2n) is 7.08. The van der Waals surface area contributed by atoms with E-state index in [0.717, 1.165) is 18.4 Å². The van der Waals surface area contributed by atoms with E-state index in [1.165, 1.54) is 51.0 Å². The monoisotopic (exact) mass is 374 g/mol. The van der Waals surface area contributed by atoms with Gasteiger partial charge in [0.05, 0.1) is 17.7 Å². The van der Waals surface area contributed by atoms with E-state index in [1.807, 2.05) is 0 Å². The predicted molar refractivity (Wildman–Crippen MR) is 109 cm³/mol. The Morgan fingerprint density at radius 3 is 1.93 bits per heavy atom. The summed E-state index contributed by atoms with van der Waals surface area (Å²) in [4.78, 5) is 24.1. The fourth-order valence-electron chi connectivity index (χ4n) is 2.71. The predicted octanol–water partition coefficient (Wildman–Crippen LogP) is 6.11. The van der Waals surface area contributed by atoms with Crippen LogP contribution in [0.1, 0.15) is 92.4 Å². The first-order valence-corrected chi connectivity index (χ1v) is 10.1. The minimum Gasteiger partial charge on any atom is -0.462 e. The van der Waals surface area contributed by atoms with Crippen molar-refractivity contribution in [2.75, 3.05) is 13.2 Å². The lowest BCUT2D eigenvalue weighted by Crippen LogP contribution is -2.10. The Morgan fingerprint density at radius 1 is 0.852 bits per heavy atom. The van der Waals surface area contributed by atoms with Gasteiger partial charge in [0.25, 0.3) is 0 Å². The molecule has 0 bridgehead atoms. The molecule has 4 nitrogen and oxygen atoms in total. The molecule has 1 aromatic carbocycles. The molecular weight excluding hydrogens is 340 g/mol. The average molecular weight is 375 g/mol. The molecule has 0 spiro atoms. The number of carbonyl (C=O) groups excluding carboxylic acids is 2. The highest BCUT2D eigenvalue weighted by Gasteiger charge is 2.12. The van der Waals surface area contributed by atoms with Crippen LogP contribution in [0.5, 0.6) is 0 Å². The zero-order chi connectivity index (χ0) is 19.9. The molecule has 0 aliphatic heterocycles. The summed E-state index contributed by atoms with van der Waals surface area (Å²) in [6, 6.07) is 6.44. The smallest absolute Gasteiger partial charge is 0.338 e. The van der Waals surface area contributed by atoms with Crippen molar-refractivity contribution in [2.45, 2.75) is 71.6 Å². The van der Waals surface area contributed by atoms with E-state index < -0.39 is 11.9 Å². The molecule has 0 fully saturated rings. The van der Waals surface area contributed by atoms with Crippen molar-refractivity contribution in [3.8, 4) is 0 Å². The van der Waals surface area contributed by atoms with Gasteiger partial charge in [-0.25, -0.2) is 9.59 Å². The summed E-state index contributed by atoms with van der Waals surface area (Å²) in [6.45, 7) is 8.29. The third-order valence-corrected chi connectivity index (χ3v) is 4.26. The molecule has 0 saturated carbocycles. The van der Waals surface area contributed by atoms with Crippen LogP contribution in [0.25, 0.3) is 0 Å². The topological polar surface area (TPSA) is 52.6 Å². The molecule has 1 aromatic rings. The van der Waals surface area contributed by atoms with Crippen molar-refractivity contribution in [3.05, 3.63) is 47.5 Å². The molecule has 27 heavy (non-hydrogen) atoms. The molecule has 0 atom stereocenters. The lowest BCUT2D eigenvalue weighted by atomic mass is 10.1. The van der Waals surface area contributed by atoms with Crippen LogP contribution in [0, 0.1) is 0 Å². The highest BCUT2D eigenvalue weighted by Crippen LogP contribution is 2.11. The van der Waals surface area contributed by atoms with Gasteiger partial charge < -0.3 is 9.47 Å². The van der Waals surface area contributed by atoms with Crippen LogP contribution >= 0.6 is 0 Å². The van der Waals surface area contributed by atoms with Gasteiger partial charge in [-0.15, -0.1) is 0 Å². The molecule has 1 rings (SSSR count). The Morgan fingerprint density at radius 2 is 1.37 bits per heavy atom. The van der Waals surface area contributed by atoms with Crippen molar-refractivity contribution in [2.24, 2.45) is 0 Å². The van der Waals surface area contributed by atoms with Crippen LogP contribution in [-0.2, 0) is 9.47 Å². The van der Waals surface area contributed by atoms with Crippen molar-refractivity contribution < 1.29 is 19.1 Å². The maximum atomic E-state index is 12.1. The lowest BCUT2D eigenvalue weighted by molar-refractivity contribution is 0.0497. The van der Waals surface area contributed by atoms with E-state index >= 15 is 0 Å². The Bertz CT molecular complexity index is 592. The van der Waals surface area contributed by atoms with Crippen LogP contribution in [0.3, 0.4) is 0 Å². The largest absolute Gasteiger partial charge is 0.462 e. The molecule has 4 heteroatoms. The maximum Gasteiger partial charge on any atom is 0.338 e. The van der Waals surface area contributed by atoms with Crippen LogP contribution in [0.15, 0.2) is 36.4 Å². The van der Waals surface area contributed by atoms with Gasteiger partial charge in [0.2, 0.25) is 0 Å². The fraction of sp³-hybridized carbons (Fsp3) is 0.565. The number of hydrogen-bond donors (Lipinski definition) is 0. The van der Waals surface area contributed by atoms with E-state index in [2.05, 4.69) is 13.5 Å². The molecule has 0 aliphatic rings. The molecule has 150 valence electrons. The zero-order valence-electron chi connectivity index (χ0n) is 16.9. The second kappa shape index (κ2) is 14.0. The maximum absolute atomic E-state index is 12.1. The average Bonchev–Trinajstić information content (AvgIpc) is 2.67. The van der Waals surface area contributed by atoms with Gasteiger partial charge in [-0.3, -0.25) is 0 Å². The zero-order valence-corrected chi connectivity index (χ0v) is 16.9. The van der Waals surface area contributed by atoms with Gasteiger partial charge in [0, 0.05) is 0 Å². The molecule has 0 aromatic heterocycles. The molecule has 0 aliphatic carbocycles. The van der Waals surface area contributed by atoms with E-state index in [9.17, 15) is 9.59 Å². The molecular formula is C23H34O4. The van der Waals surface area contributed by atoms with E-state index in [1.54, 1.807) is 25.1 Å². The first-order chi connectivity index (χ1) is 13.0. The van der Waals surface area contributed by atoms with Crippen LogP contribution < -0.4 is 0 Å².